The normalized spacial score (nSPS) is 13.1. The Morgan fingerprint density at radius 1 is 0.692 bits per heavy atom. The Hall–Kier alpha value is -2.55. The van der Waals surface area contributed by atoms with Crippen molar-refractivity contribution in [3.63, 3.8) is 0 Å². The molecule has 2 nitrogen and oxygen atoms in total. The third-order valence-electron chi connectivity index (χ3n) is 4.48. The van der Waals surface area contributed by atoms with Crippen molar-refractivity contribution < 1.29 is 9.53 Å². The highest BCUT2D eigenvalue weighted by molar-refractivity contribution is 6.41. The molecule has 0 saturated carbocycles. The second-order valence-electron chi connectivity index (χ2n) is 6.00. The van der Waals surface area contributed by atoms with E-state index < -0.39 is 0 Å². The summed E-state index contributed by atoms with van der Waals surface area (Å²) >= 11 is 12.1. The number of hydrogen-bond donors (Lipinski definition) is 0. The van der Waals surface area contributed by atoms with Crippen LogP contribution in [0.4, 0.5) is 0 Å². The van der Waals surface area contributed by atoms with Crippen LogP contribution in [0.25, 0.3) is 11.1 Å². The minimum absolute atomic E-state index is 0.00470. The largest absolute Gasteiger partial charge is 0.497 e. The maximum Gasteiger partial charge on any atom is 0.194 e. The number of carbonyl (C=O) groups is 1. The van der Waals surface area contributed by atoms with Crippen LogP contribution in [0.1, 0.15) is 27.0 Å². The molecular weight excluding hydrogens is 367 g/mol. The SMILES string of the molecule is COc1ccc2c(c1)C(c1ccc(Cl)cc1)=C(c1ccc(Cl)cc1)C2=O. The van der Waals surface area contributed by atoms with Gasteiger partial charge >= 0.3 is 0 Å². The topological polar surface area (TPSA) is 26.3 Å². The fraction of sp³-hybridized carbons (Fsp3) is 0.0455. The van der Waals surface area contributed by atoms with Gasteiger partial charge in [-0.3, -0.25) is 4.79 Å². The predicted octanol–water partition coefficient (Wildman–Crippen LogP) is 6.16. The molecule has 3 aromatic carbocycles. The highest BCUT2D eigenvalue weighted by atomic mass is 35.5. The molecule has 0 amide bonds. The van der Waals surface area contributed by atoms with E-state index in [4.69, 9.17) is 27.9 Å². The van der Waals surface area contributed by atoms with Gasteiger partial charge in [-0.2, -0.15) is 0 Å². The second-order valence-corrected chi connectivity index (χ2v) is 6.88. The molecule has 0 N–H and O–H groups in total. The first-order chi connectivity index (χ1) is 12.6. The summed E-state index contributed by atoms with van der Waals surface area (Å²) in [6.07, 6.45) is 0. The van der Waals surface area contributed by atoms with Crippen molar-refractivity contribution in [2.24, 2.45) is 0 Å². The number of allylic oxidation sites excluding steroid dienone is 1. The average Bonchev–Trinajstić information content (AvgIpc) is 2.95. The molecule has 0 aliphatic heterocycles. The zero-order valence-electron chi connectivity index (χ0n) is 13.9. The molecule has 0 spiro atoms. The minimum Gasteiger partial charge on any atom is -0.497 e. The van der Waals surface area contributed by atoms with Gasteiger partial charge in [-0.25, -0.2) is 0 Å². The molecule has 0 saturated heterocycles. The summed E-state index contributed by atoms with van der Waals surface area (Å²) in [5, 5.41) is 1.28. The Bertz CT molecular complexity index is 1030. The highest BCUT2D eigenvalue weighted by Crippen LogP contribution is 2.43. The van der Waals surface area contributed by atoms with Crippen LogP contribution in [0.5, 0.6) is 5.75 Å². The molecule has 0 bridgehead atoms. The lowest BCUT2D eigenvalue weighted by atomic mass is 9.94. The molecule has 1 aliphatic carbocycles. The summed E-state index contributed by atoms with van der Waals surface area (Å²) in [4.78, 5) is 13.2. The van der Waals surface area contributed by atoms with E-state index in [-0.39, 0.29) is 5.78 Å². The maximum atomic E-state index is 13.2. The van der Waals surface area contributed by atoms with Crippen molar-refractivity contribution >= 4 is 40.1 Å². The van der Waals surface area contributed by atoms with E-state index in [1.165, 1.54) is 0 Å². The van der Waals surface area contributed by atoms with Gasteiger partial charge in [-0.15, -0.1) is 0 Å². The van der Waals surface area contributed by atoms with E-state index in [0.717, 1.165) is 22.3 Å². The predicted molar refractivity (Wildman–Crippen MR) is 106 cm³/mol. The van der Waals surface area contributed by atoms with Crippen LogP contribution in [0, 0.1) is 0 Å². The summed E-state index contributed by atoms with van der Waals surface area (Å²) in [5.74, 6) is 0.704. The number of ether oxygens (including phenoxy) is 1. The van der Waals surface area contributed by atoms with Crippen molar-refractivity contribution in [1.29, 1.82) is 0 Å². The second kappa shape index (κ2) is 6.64. The molecule has 0 heterocycles. The summed E-state index contributed by atoms with van der Waals surface area (Å²) in [5.41, 5.74) is 4.83. The summed E-state index contributed by atoms with van der Waals surface area (Å²) < 4.78 is 5.36. The molecule has 128 valence electrons. The Kier molecular flexibility index (Phi) is 4.31. The van der Waals surface area contributed by atoms with Gasteiger partial charge in [0, 0.05) is 26.8 Å². The Morgan fingerprint density at radius 2 is 1.23 bits per heavy atom. The zero-order chi connectivity index (χ0) is 18.3. The number of carbonyl (C=O) groups excluding carboxylic acids is 1. The number of hydrogen-bond acceptors (Lipinski definition) is 2. The molecular formula is C22H14Cl2O2. The quantitative estimate of drug-likeness (QED) is 0.543. The summed E-state index contributed by atoms with van der Waals surface area (Å²) in [6.45, 7) is 0. The zero-order valence-corrected chi connectivity index (χ0v) is 15.4. The first kappa shape index (κ1) is 16.9. The molecule has 0 radical (unpaired) electrons. The van der Waals surface area contributed by atoms with Gasteiger partial charge in [0.1, 0.15) is 5.75 Å². The van der Waals surface area contributed by atoms with Crippen LogP contribution >= 0.6 is 23.2 Å². The first-order valence-corrected chi connectivity index (χ1v) is 8.83. The maximum absolute atomic E-state index is 13.2. The lowest BCUT2D eigenvalue weighted by Gasteiger charge is -2.10. The lowest BCUT2D eigenvalue weighted by molar-refractivity contribution is 0.105. The standard InChI is InChI=1S/C22H14Cl2O2/c1-26-17-10-11-18-19(12-17)20(13-2-6-15(23)7-3-13)21(22(18)25)14-4-8-16(24)9-5-14/h2-12H,1H3. The van der Waals surface area contributed by atoms with Crippen LogP contribution in [0.2, 0.25) is 10.0 Å². The van der Waals surface area contributed by atoms with Gasteiger partial charge in [0.05, 0.1) is 7.11 Å². The van der Waals surface area contributed by atoms with Crippen molar-refractivity contribution in [3.8, 4) is 5.75 Å². The number of halogens is 2. The Labute approximate surface area is 161 Å². The van der Waals surface area contributed by atoms with Gasteiger partial charge < -0.3 is 4.74 Å². The van der Waals surface area contributed by atoms with E-state index >= 15 is 0 Å². The number of benzene rings is 3. The van der Waals surface area contributed by atoms with Gasteiger partial charge in [-0.05, 0) is 59.2 Å². The van der Waals surface area contributed by atoms with Gasteiger partial charge in [0.15, 0.2) is 5.78 Å². The average molecular weight is 381 g/mol. The van der Waals surface area contributed by atoms with Crippen LogP contribution in [-0.2, 0) is 0 Å². The Morgan fingerprint density at radius 3 is 1.77 bits per heavy atom. The van der Waals surface area contributed by atoms with Crippen LogP contribution < -0.4 is 4.74 Å². The molecule has 4 rings (SSSR count). The van der Waals surface area contributed by atoms with E-state index in [9.17, 15) is 4.79 Å². The number of rotatable bonds is 3. The summed E-state index contributed by atoms with van der Waals surface area (Å²) in [7, 11) is 1.62. The van der Waals surface area contributed by atoms with Crippen LogP contribution in [0.15, 0.2) is 66.7 Å². The van der Waals surface area contributed by atoms with Gasteiger partial charge in [0.25, 0.3) is 0 Å². The summed E-state index contributed by atoms with van der Waals surface area (Å²) in [6, 6.07) is 20.4. The van der Waals surface area contributed by atoms with Crippen LogP contribution in [-0.4, -0.2) is 12.9 Å². The van der Waals surface area contributed by atoms with E-state index in [1.54, 1.807) is 25.3 Å². The third kappa shape index (κ3) is 2.82. The molecule has 4 heteroatoms. The van der Waals surface area contributed by atoms with Crippen molar-refractivity contribution in [2.75, 3.05) is 7.11 Å². The third-order valence-corrected chi connectivity index (χ3v) is 4.99. The fourth-order valence-electron chi connectivity index (χ4n) is 3.25. The van der Waals surface area contributed by atoms with E-state index in [2.05, 4.69) is 0 Å². The van der Waals surface area contributed by atoms with Crippen molar-refractivity contribution in [2.45, 2.75) is 0 Å². The number of ketones is 1. The van der Waals surface area contributed by atoms with Gasteiger partial charge in [0.2, 0.25) is 0 Å². The monoisotopic (exact) mass is 380 g/mol. The fourth-order valence-corrected chi connectivity index (χ4v) is 3.50. The highest BCUT2D eigenvalue weighted by Gasteiger charge is 2.31. The molecule has 0 fully saturated rings. The van der Waals surface area contributed by atoms with Crippen molar-refractivity contribution in [1.82, 2.24) is 0 Å². The minimum atomic E-state index is -0.00470. The smallest absolute Gasteiger partial charge is 0.194 e. The molecule has 0 aromatic heterocycles. The van der Waals surface area contributed by atoms with Crippen LogP contribution in [0.3, 0.4) is 0 Å². The molecule has 3 aromatic rings. The Balaban J connectivity index is 2.01. The molecule has 0 atom stereocenters. The van der Waals surface area contributed by atoms with Gasteiger partial charge in [-0.1, -0.05) is 47.5 Å². The first-order valence-electron chi connectivity index (χ1n) is 8.08. The lowest BCUT2D eigenvalue weighted by Crippen LogP contribution is -1.98. The number of methoxy groups -OCH3 is 1. The van der Waals surface area contributed by atoms with E-state index in [0.29, 0.717) is 26.9 Å². The van der Waals surface area contributed by atoms with E-state index in [1.807, 2.05) is 48.5 Å². The van der Waals surface area contributed by atoms with Crippen molar-refractivity contribution in [3.05, 3.63) is 99.0 Å². The number of fused-ring (bicyclic) bond motifs is 1. The molecule has 0 unspecified atom stereocenters. The number of Topliss-reactive ketones (excluding diaryl/α,β-unsaturated/α-hetero) is 1. The molecule has 26 heavy (non-hydrogen) atoms. The molecule has 1 aliphatic rings.